The van der Waals surface area contributed by atoms with E-state index in [9.17, 15) is 9.59 Å². The van der Waals surface area contributed by atoms with Crippen LogP contribution in [0.2, 0.25) is 0 Å². The van der Waals surface area contributed by atoms with Crippen LogP contribution in [0, 0.1) is 5.41 Å². The molecule has 8 heteroatoms. The predicted molar refractivity (Wildman–Crippen MR) is 79.7 cm³/mol. The summed E-state index contributed by atoms with van der Waals surface area (Å²) in [7, 11) is 0. The van der Waals surface area contributed by atoms with Crippen LogP contribution in [0.25, 0.3) is 0 Å². The molecule has 22 heavy (non-hydrogen) atoms. The molecular weight excluding hydrogens is 288 g/mol. The third kappa shape index (κ3) is 5.19. The van der Waals surface area contributed by atoms with Crippen LogP contribution in [-0.2, 0) is 9.47 Å². The molecule has 122 valence electrons. The van der Waals surface area contributed by atoms with Gasteiger partial charge in [0.05, 0.1) is 0 Å². The number of nitrogens with zero attached hydrogens (tertiary/aromatic N) is 2. The van der Waals surface area contributed by atoms with Gasteiger partial charge < -0.3 is 9.47 Å². The maximum Gasteiger partial charge on any atom is 0.425 e. The van der Waals surface area contributed by atoms with E-state index >= 15 is 0 Å². The fraction of sp³-hybridized carbons (Fsp3) is 0.571. The first kappa shape index (κ1) is 17.7. The molecule has 0 aromatic carbocycles. The SMILES string of the molecule is CC(C)(C)OC(=O)N(C(=N)c1ccn[nH]1)C(=O)OC(C)(C)C. The van der Waals surface area contributed by atoms with Crippen molar-refractivity contribution in [3.63, 3.8) is 0 Å². The van der Waals surface area contributed by atoms with E-state index in [-0.39, 0.29) is 5.69 Å². The standard InChI is InChI=1S/C14H22N4O4/c1-13(2,3)21-11(19)18(12(20)22-14(4,5)6)10(15)9-7-8-16-17-9/h7-8,15H,1-6H3,(H,16,17). The minimum atomic E-state index is -0.985. The van der Waals surface area contributed by atoms with Crippen LogP contribution in [-0.4, -0.2) is 44.3 Å². The van der Waals surface area contributed by atoms with Gasteiger partial charge in [-0.15, -0.1) is 0 Å². The van der Waals surface area contributed by atoms with E-state index in [1.807, 2.05) is 0 Å². The van der Waals surface area contributed by atoms with Crippen molar-refractivity contribution in [1.29, 1.82) is 5.41 Å². The lowest BCUT2D eigenvalue weighted by Crippen LogP contribution is -2.47. The average molecular weight is 310 g/mol. The predicted octanol–water partition coefficient (Wildman–Crippen LogP) is 2.91. The molecule has 0 atom stereocenters. The first-order chi connectivity index (χ1) is 9.91. The molecule has 1 aromatic heterocycles. The zero-order valence-electron chi connectivity index (χ0n) is 13.7. The van der Waals surface area contributed by atoms with Gasteiger partial charge in [-0.3, -0.25) is 10.5 Å². The van der Waals surface area contributed by atoms with Crippen molar-refractivity contribution in [2.45, 2.75) is 52.7 Å². The van der Waals surface area contributed by atoms with Crippen LogP contribution in [0.5, 0.6) is 0 Å². The molecular formula is C14H22N4O4. The van der Waals surface area contributed by atoms with Gasteiger partial charge in [0.25, 0.3) is 0 Å². The summed E-state index contributed by atoms with van der Waals surface area (Å²) in [6, 6.07) is 1.46. The number of carbonyl (C=O) groups is 2. The number of imide groups is 1. The lowest BCUT2D eigenvalue weighted by Gasteiger charge is -2.28. The van der Waals surface area contributed by atoms with Crippen molar-refractivity contribution in [1.82, 2.24) is 15.1 Å². The first-order valence-corrected chi connectivity index (χ1v) is 6.75. The maximum atomic E-state index is 12.3. The Morgan fingerprint density at radius 1 is 1.09 bits per heavy atom. The van der Waals surface area contributed by atoms with Gasteiger partial charge in [0.2, 0.25) is 0 Å². The van der Waals surface area contributed by atoms with Crippen molar-refractivity contribution in [2.75, 3.05) is 0 Å². The van der Waals surface area contributed by atoms with Crippen molar-refractivity contribution >= 4 is 18.0 Å². The van der Waals surface area contributed by atoms with Gasteiger partial charge >= 0.3 is 12.2 Å². The maximum absolute atomic E-state index is 12.3. The molecule has 1 rings (SSSR count). The van der Waals surface area contributed by atoms with Gasteiger partial charge in [0.1, 0.15) is 16.9 Å². The minimum absolute atomic E-state index is 0.191. The highest BCUT2D eigenvalue weighted by Gasteiger charge is 2.35. The molecule has 2 N–H and O–H groups in total. The smallest absolute Gasteiger partial charge is 0.425 e. The fourth-order valence-electron chi connectivity index (χ4n) is 1.38. The van der Waals surface area contributed by atoms with Crippen LogP contribution < -0.4 is 0 Å². The Morgan fingerprint density at radius 3 is 1.86 bits per heavy atom. The third-order valence-corrected chi connectivity index (χ3v) is 2.13. The lowest BCUT2D eigenvalue weighted by atomic mass is 10.2. The summed E-state index contributed by atoms with van der Waals surface area (Å²) in [5.74, 6) is -0.402. The van der Waals surface area contributed by atoms with Crippen LogP contribution in [0.3, 0.4) is 0 Å². The Morgan fingerprint density at radius 2 is 1.55 bits per heavy atom. The number of amidine groups is 1. The number of H-pyrrole nitrogens is 1. The Hall–Kier alpha value is -2.38. The molecule has 0 bridgehead atoms. The third-order valence-electron chi connectivity index (χ3n) is 2.13. The van der Waals surface area contributed by atoms with E-state index in [4.69, 9.17) is 14.9 Å². The van der Waals surface area contributed by atoms with Gasteiger partial charge in [-0.05, 0) is 47.6 Å². The molecule has 0 fully saturated rings. The van der Waals surface area contributed by atoms with Gasteiger partial charge in [0.15, 0.2) is 5.84 Å². The van der Waals surface area contributed by atoms with Crippen molar-refractivity contribution < 1.29 is 19.1 Å². The number of carbonyl (C=O) groups excluding carboxylic acids is 2. The highest BCUT2D eigenvalue weighted by Crippen LogP contribution is 2.16. The Labute approximate surface area is 129 Å². The minimum Gasteiger partial charge on any atom is -0.443 e. The van der Waals surface area contributed by atoms with Gasteiger partial charge in [0, 0.05) is 6.20 Å². The molecule has 1 heterocycles. The first-order valence-electron chi connectivity index (χ1n) is 6.75. The molecule has 2 amide bonds. The summed E-state index contributed by atoms with van der Waals surface area (Å²) in [4.78, 5) is 25.0. The lowest BCUT2D eigenvalue weighted by molar-refractivity contribution is 0.0147. The normalized spacial score (nSPS) is 11.7. The number of hydrogen-bond acceptors (Lipinski definition) is 6. The number of rotatable bonds is 1. The summed E-state index contributed by atoms with van der Waals surface area (Å²) < 4.78 is 10.3. The number of aromatic nitrogens is 2. The highest BCUT2D eigenvalue weighted by atomic mass is 16.6. The fourth-order valence-corrected chi connectivity index (χ4v) is 1.38. The molecule has 0 radical (unpaired) electrons. The monoisotopic (exact) mass is 310 g/mol. The zero-order valence-corrected chi connectivity index (χ0v) is 13.7. The second kappa shape index (κ2) is 6.17. The van der Waals surface area contributed by atoms with Crippen molar-refractivity contribution in [3.8, 4) is 0 Å². The average Bonchev–Trinajstić information content (AvgIpc) is 2.76. The van der Waals surface area contributed by atoms with Gasteiger partial charge in [-0.25, -0.2) is 9.59 Å². The van der Waals surface area contributed by atoms with E-state index in [2.05, 4.69) is 10.2 Å². The van der Waals surface area contributed by atoms with Crippen LogP contribution in [0.4, 0.5) is 9.59 Å². The summed E-state index contributed by atoms with van der Waals surface area (Å²) >= 11 is 0. The van der Waals surface area contributed by atoms with Crippen molar-refractivity contribution in [2.24, 2.45) is 0 Å². The second-order valence-corrected chi connectivity index (χ2v) is 6.62. The van der Waals surface area contributed by atoms with Crippen LogP contribution in [0.15, 0.2) is 12.3 Å². The summed E-state index contributed by atoms with van der Waals surface area (Å²) in [5.41, 5.74) is -1.44. The molecule has 0 aliphatic heterocycles. The molecule has 0 spiro atoms. The molecule has 8 nitrogen and oxygen atoms in total. The van der Waals surface area contributed by atoms with E-state index in [0.717, 1.165) is 0 Å². The van der Waals surface area contributed by atoms with E-state index in [1.54, 1.807) is 41.5 Å². The Balaban J connectivity index is 3.07. The van der Waals surface area contributed by atoms with Gasteiger partial charge in [-0.2, -0.15) is 10.00 Å². The summed E-state index contributed by atoms with van der Waals surface area (Å²) in [6.45, 7) is 9.99. The number of nitrogens with one attached hydrogen (secondary N) is 2. The van der Waals surface area contributed by atoms with Crippen molar-refractivity contribution in [3.05, 3.63) is 18.0 Å². The topological polar surface area (TPSA) is 108 Å². The van der Waals surface area contributed by atoms with Crippen LogP contribution >= 0.6 is 0 Å². The van der Waals surface area contributed by atoms with E-state index in [1.165, 1.54) is 12.3 Å². The second-order valence-electron chi connectivity index (χ2n) is 6.62. The number of ether oxygens (including phenoxy) is 2. The number of amides is 2. The Kier molecular flexibility index (Phi) is 4.95. The van der Waals surface area contributed by atoms with Gasteiger partial charge in [-0.1, -0.05) is 0 Å². The molecule has 0 unspecified atom stereocenters. The number of aromatic amines is 1. The molecule has 0 saturated carbocycles. The molecule has 0 aliphatic rings. The molecule has 0 saturated heterocycles. The molecule has 0 aliphatic carbocycles. The quantitative estimate of drug-likeness (QED) is 0.612. The summed E-state index contributed by atoms with van der Waals surface area (Å²) in [5, 5.41) is 14.3. The zero-order chi connectivity index (χ0) is 17.1. The van der Waals surface area contributed by atoms with E-state index < -0.39 is 29.2 Å². The highest BCUT2D eigenvalue weighted by molar-refractivity contribution is 6.13. The van der Waals surface area contributed by atoms with E-state index in [0.29, 0.717) is 4.90 Å². The molecule has 1 aromatic rings. The Bertz CT molecular complexity index is 524. The largest absolute Gasteiger partial charge is 0.443 e. The summed E-state index contributed by atoms with van der Waals surface area (Å²) in [6.07, 6.45) is -0.561. The van der Waals surface area contributed by atoms with Crippen LogP contribution in [0.1, 0.15) is 47.2 Å². The number of hydrogen-bond donors (Lipinski definition) is 2.